The van der Waals surface area contributed by atoms with Crippen LogP contribution in [0.2, 0.25) is 0 Å². The fourth-order valence-electron chi connectivity index (χ4n) is 1.31. The van der Waals surface area contributed by atoms with E-state index in [1.54, 1.807) is 0 Å². The van der Waals surface area contributed by atoms with E-state index in [1.165, 1.54) is 0 Å². The molecule has 0 atom stereocenters. The topological polar surface area (TPSA) is 35.6 Å². The van der Waals surface area contributed by atoms with Crippen molar-refractivity contribution in [3.63, 3.8) is 0 Å². The number of carbonyl (C=O) groups excluding carboxylic acids is 1. The minimum atomic E-state index is 0.684. The molecule has 0 aromatic rings. The van der Waals surface area contributed by atoms with E-state index < -0.39 is 0 Å². The summed E-state index contributed by atoms with van der Waals surface area (Å²) in [5.74, 6) is 0. The summed E-state index contributed by atoms with van der Waals surface area (Å²) in [5.41, 5.74) is 0. The first-order valence-electron chi connectivity index (χ1n) is 6.17. The van der Waals surface area contributed by atoms with E-state index in [2.05, 4.69) is 22.2 Å². The van der Waals surface area contributed by atoms with Gasteiger partial charge in [-0.3, -0.25) is 0 Å². The minimum absolute atomic E-state index is 0.684. The Morgan fingerprint density at radius 3 is 1.94 bits per heavy atom. The van der Waals surface area contributed by atoms with E-state index >= 15 is 0 Å². The summed E-state index contributed by atoms with van der Waals surface area (Å²) in [6, 6.07) is 0. The summed E-state index contributed by atoms with van der Waals surface area (Å²) in [4.78, 5) is 14.7. The number of rotatable bonds is 3. The Balaban J connectivity index is 0. The zero-order valence-corrected chi connectivity index (χ0v) is 11.6. The van der Waals surface area contributed by atoms with Gasteiger partial charge in [-0.05, 0) is 21.1 Å². The van der Waals surface area contributed by atoms with Gasteiger partial charge in [0.15, 0.2) is 0 Å². The van der Waals surface area contributed by atoms with Gasteiger partial charge in [-0.2, -0.15) is 0 Å². The van der Waals surface area contributed by atoms with Crippen LogP contribution in [0.15, 0.2) is 0 Å². The van der Waals surface area contributed by atoms with Crippen LogP contribution in [0.4, 0.5) is 0 Å². The van der Waals surface area contributed by atoms with Crippen LogP contribution in [0.5, 0.6) is 0 Å². The molecule has 1 aliphatic rings. The predicted octanol–water partition coefficient (Wildman–Crippen LogP) is 0.685. The summed E-state index contributed by atoms with van der Waals surface area (Å²) >= 11 is 0. The first-order valence-corrected chi connectivity index (χ1v) is 6.17. The molecule has 1 saturated heterocycles. The average molecular weight is 231 g/mol. The molecule has 0 bridgehead atoms. The maximum atomic E-state index is 10.1. The SMILES string of the molecule is CC.CN1CCN(CCC=O)CC1.CNC. The lowest BCUT2D eigenvalue weighted by molar-refractivity contribution is -0.108. The lowest BCUT2D eigenvalue weighted by atomic mass is 10.3. The van der Waals surface area contributed by atoms with Crippen molar-refractivity contribution in [2.75, 3.05) is 53.9 Å². The first kappa shape index (κ1) is 17.9. The number of aldehydes is 1. The highest BCUT2D eigenvalue weighted by Crippen LogP contribution is 1.98. The number of likely N-dealkylation sites (N-methyl/N-ethyl adjacent to an activating group) is 1. The molecular weight excluding hydrogens is 202 g/mol. The lowest BCUT2D eigenvalue weighted by Crippen LogP contribution is -2.44. The summed E-state index contributed by atoms with van der Waals surface area (Å²) in [6.45, 7) is 9.45. The molecule has 4 heteroatoms. The van der Waals surface area contributed by atoms with E-state index in [1.807, 2.05) is 27.9 Å². The number of nitrogens with zero attached hydrogens (tertiary/aromatic N) is 2. The van der Waals surface area contributed by atoms with Gasteiger partial charge in [0.05, 0.1) is 0 Å². The third-order valence-electron chi connectivity index (χ3n) is 2.16. The maximum absolute atomic E-state index is 10.1. The molecule has 1 aliphatic heterocycles. The second kappa shape index (κ2) is 14.6. The standard InChI is InChI=1S/C8H16N2O.C2H7N.C2H6/c1-9-4-6-10(7-5-9)3-2-8-11;1-3-2;1-2/h8H,2-7H2,1H3;3H,1-2H3;1-2H3. The molecular formula is C12H29N3O. The first-order chi connectivity index (χ1) is 7.74. The highest BCUT2D eigenvalue weighted by atomic mass is 16.1. The van der Waals surface area contributed by atoms with Gasteiger partial charge >= 0.3 is 0 Å². The van der Waals surface area contributed by atoms with Gasteiger partial charge in [0.25, 0.3) is 0 Å². The van der Waals surface area contributed by atoms with E-state index in [0.29, 0.717) is 6.42 Å². The molecule has 0 aliphatic carbocycles. The second-order valence-corrected chi connectivity index (χ2v) is 3.60. The van der Waals surface area contributed by atoms with Crippen LogP contribution in [-0.4, -0.2) is 70.0 Å². The van der Waals surface area contributed by atoms with Gasteiger partial charge in [0, 0.05) is 39.1 Å². The largest absolute Gasteiger partial charge is 0.323 e. The van der Waals surface area contributed by atoms with Gasteiger partial charge in [0.1, 0.15) is 6.29 Å². The molecule has 0 spiro atoms. The number of carbonyl (C=O) groups is 1. The maximum Gasteiger partial charge on any atom is 0.121 e. The van der Waals surface area contributed by atoms with Crippen molar-refractivity contribution in [3.8, 4) is 0 Å². The molecule has 1 rings (SSSR count). The van der Waals surface area contributed by atoms with Gasteiger partial charge in [-0.25, -0.2) is 0 Å². The highest BCUT2D eigenvalue weighted by molar-refractivity contribution is 5.49. The normalized spacial score (nSPS) is 16.6. The molecule has 0 saturated carbocycles. The zero-order valence-electron chi connectivity index (χ0n) is 11.6. The fourth-order valence-corrected chi connectivity index (χ4v) is 1.31. The molecule has 1 heterocycles. The van der Waals surface area contributed by atoms with E-state index in [4.69, 9.17) is 0 Å². The Kier molecular flexibility index (Phi) is 16.3. The second-order valence-electron chi connectivity index (χ2n) is 3.60. The minimum Gasteiger partial charge on any atom is -0.323 e. The van der Waals surface area contributed by atoms with Crippen LogP contribution < -0.4 is 5.32 Å². The number of hydrogen-bond donors (Lipinski definition) is 1. The van der Waals surface area contributed by atoms with Gasteiger partial charge in [0.2, 0.25) is 0 Å². The summed E-state index contributed by atoms with van der Waals surface area (Å²) in [6.07, 6.45) is 1.68. The lowest BCUT2D eigenvalue weighted by Gasteiger charge is -2.31. The Morgan fingerprint density at radius 1 is 1.12 bits per heavy atom. The third kappa shape index (κ3) is 11.6. The van der Waals surface area contributed by atoms with E-state index in [0.717, 1.165) is 39.0 Å². The van der Waals surface area contributed by atoms with Crippen molar-refractivity contribution < 1.29 is 4.79 Å². The number of nitrogens with one attached hydrogen (secondary N) is 1. The molecule has 98 valence electrons. The smallest absolute Gasteiger partial charge is 0.121 e. The number of hydrogen-bond acceptors (Lipinski definition) is 4. The van der Waals surface area contributed by atoms with Crippen LogP contribution in [0, 0.1) is 0 Å². The summed E-state index contributed by atoms with van der Waals surface area (Å²) in [5, 5.41) is 2.75. The molecule has 0 aromatic carbocycles. The molecule has 1 fully saturated rings. The van der Waals surface area contributed by atoms with Crippen molar-refractivity contribution >= 4 is 6.29 Å². The highest BCUT2D eigenvalue weighted by Gasteiger charge is 2.12. The van der Waals surface area contributed by atoms with Gasteiger partial charge in [-0.15, -0.1) is 0 Å². The van der Waals surface area contributed by atoms with Crippen molar-refractivity contribution in [3.05, 3.63) is 0 Å². The summed E-state index contributed by atoms with van der Waals surface area (Å²) < 4.78 is 0. The van der Waals surface area contributed by atoms with Crippen molar-refractivity contribution in [2.24, 2.45) is 0 Å². The Labute approximate surface area is 101 Å². The fraction of sp³-hybridized carbons (Fsp3) is 0.917. The Hall–Kier alpha value is -0.450. The summed E-state index contributed by atoms with van der Waals surface area (Å²) in [7, 11) is 5.89. The van der Waals surface area contributed by atoms with Crippen LogP contribution in [0.3, 0.4) is 0 Å². The molecule has 0 amide bonds. The van der Waals surface area contributed by atoms with Crippen LogP contribution in [0.25, 0.3) is 0 Å². The molecule has 0 unspecified atom stereocenters. The van der Waals surface area contributed by atoms with Crippen LogP contribution in [-0.2, 0) is 4.79 Å². The van der Waals surface area contributed by atoms with Gasteiger partial charge < -0.3 is 19.9 Å². The van der Waals surface area contributed by atoms with Crippen molar-refractivity contribution in [1.29, 1.82) is 0 Å². The molecule has 4 nitrogen and oxygen atoms in total. The Bertz CT molecular complexity index is 134. The quantitative estimate of drug-likeness (QED) is 0.725. The number of piperazine rings is 1. The monoisotopic (exact) mass is 231 g/mol. The van der Waals surface area contributed by atoms with Gasteiger partial charge in [-0.1, -0.05) is 13.8 Å². The van der Waals surface area contributed by atoms with Crippen molar-refractivity contribution in [1.82, 2.24) is 15.1 Å². The molecule has 0 aromatic heterocycles. The Morgan fingerprint density at radius 2 is 1.56 bits per heavy atom. The van der Waals surface area contributed by atoms with Crippen molar-refractivity contribution in [2.45, 2.75) is 20.3 Å². The third-order valence-corrected chi connectivity index (χ3v) is 2.16. The average Bonchev–Trinajstić information content (AvgIpc) is 2.32. The molecule has 0 radical (unpaired) electrons. The van der Waals surface area contributed by atoms with Crippen LogP contribution in [0.1, 0.15) is 20.3 Å². The van der Waals surface area contributed by atoms with E-state index in [-0.39, 0.29) is 0 Å². The molecule has 16 heavy (non-hydrogen) atoms. The van der Waals surface area contributed by atoms with E-state index in [9.17, 15) is 4.79 Å². The molecule has 1 N–H and O–H groups in total. The zero-order chi connectivity index (χ0) is 12.8. The predicted molar refractivity (Wildman–Crippen MR) is 70.9 cm³/mol. The van der Waals surface area contributed by atoms with Crippen LogP contribution >= 0.6 is 0 Å².